The molecule has 0 nitrogen and oxygen atoms in total. The van der Waals surface area contributed by atoms with Crippen LogP contribution in [0.15, 0.2) is 18.2 Å². The molecule has 0 amide bonds. The normalized spacial score (nSPS) is 10.2. The highest BCUT2D eigenvalue weighted by molar-refractivity contribution is 14.1. The second-order valence-corrected chi connectivity index (χ2v) is 4.56. The Labute approximate surface area is 96.4 Å². The third-order valence-corrected chi connectivity index (χ3v) is 2.89. The third kappa shape index (κ3) is 3.11. The molecule has 0 unspecified atom stereocenters. The van der Waals surface area contributed by atoms with Crippen LogP contribution in [0.2, 0.25) is 5.02 Å². The maximum absolute atomic E-state index is 5.99. The zero-order valence-corrected chi connectivity index (χ0v) is 10.2. The van der Waals surface area contributed by atoms with Gasteiger partial charge in [0.05, 0.1) is 0 Å². The predicted octanol–water partition coefficient (Wildman–Crippen LogP) is 4.12. The van der Waals surface area contributed by atoms with Gasteiger partial charge in [-0.25, -0.2) is 0 Å². The second kappa shape index (κ2) is 5.30. The summed E-state index contributed by atoms with van der Waals surface area (Å²) in [6.07, 6.45) is 1.96. The highest BCUT2D eigenvalue weighted by Gasteiger charge is 1.99. The summed E-state index contributed by atoms with van der Waals surface area (Å²) in [6, 6.07) is 6.05. The summed E-state index contributed by atoms with van der Waals surface area (Å²) in [5, 5.41) is 0.848. The Kier molecular flexibility index (Phi) is 4.69. The van der Waals surface area contributed by atoms with Gasteiger partial charge in [0.25, 0.3) is 0 Å². The van der Waals surface area contributed by atoms with E-state index in [1.165, 1.54) is 9.13 Å². The van der Waals surface area contributed by atoms with Crippen LogP contribution < -0.4 is 0 Å². The molecule has 1 aromatic rings. The van der Waals surface area contributed by atoms with Gasteiger partial charge in [0.2, 0.25) is 0 Å². The van der Waals surface area contributed by atoms with Crippen LogP contribution in [-0.2, 0) is 6.42 Å². The van der Waals surface area contributed by atoms with Gasteiger partial charge in [-0.2, -0.15) is 0 Å². The number of alkyl halides is 1. The van der Waals surface area contributed by atoms with Crippen molar-refractivity contribution >= 4 is 45.8 Å². The van der Waals surface area contributed by atoms with Crippen LogP contribution >= 0.6 is 45.8 Å². The first kappa shape index (κ1) is 10.6. The first-order valence-corrected chi connectivity index (χ1v) is 5.73. The molecule has 0 saturated carbocycles. The van der Waals surface area contributed by atoms with E-state index in [4.69, 9.17) is 23.2 Å². The maximum atomic E-state index is 5.99. The molecule has 0 bridgehead atoms. The van der Waals surface area contributed by atoms with Gasteiger partial charge in [-0.3, -0.25) is 0 Å². The molecule has 0 radical (unpaired) electrons. The van der Waals surface area contributed by atoms with Crippen LogP contribution in [0, 0.1) is 3.57 Å². The van der Waals surface area contributed by atoms with E-state index in [1.807, 2.05) is 12.1 Å². The number of hydrogen-bond acceptors (Lipinski definition) is 0. The molecule has 12 heavy (non-hydrogen) atoms. The van der Waals surface area contributed by atoms with Crippen LogP contribution in [0.25, 0.3) is 0 Å². The lowest BCUT2D eigenvalue weighted by molar-refractivity contribution is 0.928. The van der Waals surface area contributed by atoms with Crippen molar-refractivity contribution < 1.29 is 0 Å². The molecule has 1 rings (SSSR count). The minimum Gasteiger partial charge on any atom is -0.127 e. The molecular formula is C9H9Cl2I. The lowest BCUT2D eigenvalue weighted by Crippen LogP contribution is -1.88. The van der Waals surface area contributed by atoms with Crippen molar-refractivity contribution in [2.75, 3.05) is 5.88 Å². The van der Waals surface area contributed by atoms with Crippen LogP contribution in [0.4, 0.5) is 0 Å². The van der Waals surface area contributed by atoms with Gasteiger partial charge < -0.3 is 0 Å². The Morgan fingerprint density at radius 3 is 2.75 bits per heavy atom. The molecular weight excluding hydrogens is 306 g/mol. The summed E-state index contributed by atoms with van der Waals surface area (Å²) in [5.41, 5.74) is 1.20. The van der Waals surface area contributed by atoms with Gasteiger partial charge in [-0.1, -0.05) is 11.6 Å². The smallest absolute Gasteiger partial charge is 0.0438 e. The largest absolute Gasteiger partial charge is 0.127 e. The van der Waals surface area contributed by atoms with E-state index in [9.17, 15) is 0 Å². The molecule has 0 spiro atoms. The van der Waals surface area contributed by atoms with Crippen molar-refractivity contribution in [2.45, 2.75) is 12.8 Å². The Morgan fingerprint density at radius 2 is 2.08 bits per heavy atom. The predicted molar refractivity (Wildman–Crippen MR) is 63.2 cm³/mol. The molecule has 0 aliphatic carbocycles. The van der Waals surface area contributed by atoms with Crippen molar-refractivity contribution in [3.63, 3.8) is 0 Å². The van der Waals surface area contributed by atoms with Crippen molar-refractivity contribution in [3.8, 4) is 0 Å². The van der Waals surface area contributed by atoms with E-state index in [2.05, 4.69) is 28.7 Å². The summed E-state index contributed by atoms with van der Waals surface area (Å²) in [4.78, 5) is 0. The first-order valence-electron chi connectivity index (χ1n) is 3.74. The topological polar surface area (TPSA) is 0 Å². The first-order chi connectivity index (χ1) is 5.74. The van der Waals surface area contributed by atoms with Crippen molar-refractivity contribution in [3.05, 3.63) is 32.4 Å². The summed E-state index contributed by atoms with van der Waals surface area (Å²) in [7, 11) is 0. The molecule has 0 fully saturated rings. The van der Waals surface area contributed by atoms with Crippen molar-refractivity contribution in [1.29, 1.82) is 0 Å². The van der Waals surface area contributed by atoms with Crippen LogP contribution in [0.5, 0.6) is 0 Å². The number of rotatable bonds is 3. The molecule has 0 N–H and O–H groups in total. The fourth-order valence-electron chi connectivity index (χ4n) is 0.992. The van der Waals surface area contributed by atoms with Gasteiger partial charge in [-0.15, -0.1) is 11.6 Å². The van der Waals surface area contributed by atoms with Crippen LogP contribution in [0.1, 0.15) is 12.0 Å². The summed E-state index contributed by atoms with van der Waals surface area (Å²) < 4.78 is 1.22. The number of hydrogen-bond donors (Lipinski definition) is 0. The van der Waals surface area contributed by atoms with E-state index in [-0.39, 0.29) is 0 Å². The minimum atomic E-state index is 0.696. The quantitative estimate of drug-likeness (QED) is 0.581. The molecule has 0 atom stereocenters. The Morgan fingerprint density at radius 1 is 1.33 bits per heavy atom. The molecule has 0 saturated heterocycles. The van der Waals surface area contributed by atoms with E-state index >= 15 is 0 Å². The van der Waals surface area contributed by atoms with E-state index in [0.717, 1.165) is 17.9 Å². The Hall–Kier alpha value is 0.530. The average Bonchev–Trinajstić information content (AvgIpc) is 2.07. The zero-order valence-electron chi connectivity index (χ0n) is 6.49. The highest BCUT2D eigenvalue weighted by atomic mass is 127. The monoisotopic (exact) mass is 314 g/mol. The van der Waals surface area contributed by atoms with Gasteiger partial charge in [-0.05, 0) is 59.2 Å². The van der Waals surface area contributed by atoms with E-state index < -0.39 is 0 Å². The third-order valence-electron chi connectivity index (χ3n) is 1.59. The number of halogens is 3. The summed E-state index contributed by atoms with van der Waals surface area (Å²) >= 11 is 13.9. The molecule has 1 aromatic carbocycles. The summed E-state index contributed by atoms with van der Waals surface area (Å²) in [6.45, 7) is 0. The maximum Gasteiger partial charge on any atom is 0.0438 e. The highest BCUT2D eigenvalue weighted by Crippen LogP contribution is 2.20. The molecule has 0 aliphatic heterocycles. The number of aryl methyl sites for hydroxylation is 1. The molecule has 3 heteroatoms. The van der Waals surface area contributed by atoms with Gasteiger partial charge in [0.1, 0.15) is 0 Å². The fourth-order valence-corrected chi connectivity index (χ4v) is 1.89. The molecule has 66 valence electrons. The van der Waals surface area contributed by atoms with Crippen LogP contribution in [0.3, 0.4) is 0 Å². The van der Waals surface area contributed by atoms with Gasteiger partial charge in [0, 0.05) is 14.5 Å². The standard InChI is InChI=1S/C9H9Cl2I/c10-5-1-2-7-6-8(12)3-4-9(7)11/h3-4,6H,1-2,5H2. The van der Waals surface area contributed by atoms with Gasteiger partial charge >= 0.3 is 0 Å². The summed E-state index contributed by atoms with van der Waals surface area (Å²) in [5.74, 6) is 0.696. The second-order valence-electron chi connectivity index (χ2n) is 2.53. The van der Waals surface area contributed by atoms with Gasteiger partial charge in [0.15, 0.2) is 0 Å². The molecule has 0 aromatic heterocycles. The molecule has 0 aliphatic rings. The number of benzene rings is 1. The SMILES string of the molecule is ClCCCc1cc(I)ccc1Cl. The average molecular weight is 315 g/mol. The Balaban J connectivity index is 2.75. The van der Waals surface area contributed by atoms with Crippen molar-refractivity contribution in [2.24, 2.45) is 0 Å². The van der Waals surface area contributed by atoms with Crippen molar-refractivity contribution in [1.82, 2.24) is 0 Å². The zero-order chi connectivity index (χ0) is 8.97. The van der Waals surface area contributed by atoms with Crippen LogP contribution in [-0.4, -0.2) is 5.88 Å². The fraction of sp³-hybridized carbons (Fsp3) is 0.333. The minimum absolute atomic E-state index is 0.696. The van der Waals surface area contributed by atoms with E-state index in [0.29, 0.717) is 5.88 Å². The molecule has 0 heterocycles. The lowest BCUT2D eigenvalue weighted by Gasteiger charge is -2.02. The lowest BCUT2D eigenvalue weighted by atomic mass is 10.1. The van der Waals surface area contributed by atoms with E-state index in [1.54, 1.807) is 0 Å². The Bertz CT molecular complexity index is 261.